The third kappa shape index (κ3) is 7.28. The van der Waals surface area contributed by atoms with Gasteiger partial charge in [0.15, 0.2) is 0 Å². The number of anilines is 1. The molecule has 7 nitrogen and oxygen atoms in total. The number of para-hydroxylation sites is 1. The van der Waals surface area contributed by atoms with Gasteiger partial charge < -0.3 is 21.3 Å². The lowest BCUT2D eigenvalue weighted by atomic mass is 10.3. The molecular weight excluding hydrogens is 296 g/mol. The Morgan fingerprint density at radius 3 is 2.33 bits per heavy atom. The fraction of sp³-hybridized carbons (Fsp3) is 0.308. The number of halogens is 1. The molecule has 0 unspecified atom stereocenters. The Balaban J connectivity index is 0.00000400. The minimum atomic E-state index is -0.416. The number of likely N-dealkylation sites (N-methyl/N-ethyl adjacent to an activating group) is 1. The van der Waals surface area contributed by atoms with Gasteiger partial charge in [-0.2, -0.15) is 0 Å². The largest absolute Gasteiger partial charge is 0.346 e. The minimum Gasteiger partial charge on any atom is -0.346 e. The van der Waals surface area contributed by atoms with Crippen LogP contribution in [0.5, 0.6) is 0 Å². The van der Waals surface area contributed by atoms with Crippen LogP contribution in [0.1, 0.15) is 0 Å². The van der Waals surface area contributed by atoms with Crippen LogP contribution in [0.4, 0.5) is 5.69 Å². The summed E-state index contributed by atoms with van der Waals surface area (Å²) in [6, 6.07) is 8.94. The molecule has 0 aromatic heterocycles. The summed E-state index contributed by atoms with van der Waals surface area (Å²) >= 11 is 0. The molecule has 1 aromatic carbocycles. The number of nitrogens with zero attached hydrogens (tertiary/aromatic N) is 1. The Bertz CT molecular complexity index is 482. The molecule has 8 heteroatoms. The predicted molar refractivity (Wildman–Crippen MR) is 82.0 cm³/mol. The second-order valence-corrected chi connectivity index (χ2v) is 4.14. The van der Waals surface area contributed by atoms with Gasteiger partial charge >= 0.3 is 0 Å². The molecule has 0 radical (unpaired) electrons. The van der Waals surface area contributed by atoms with Crippen molar-refractivity contribution in [3.8, 4) is 0 Å². The van der Waals surface area contributed by atoms with Gasteiger partial charge in [0.2, 0.25) is 17.7 Å². The predicted octanol–water partition coefficient (Wildman–Crippen LogP) is -0.420. The van der Waals surface area contributed by atoms with Crippen molar-refractivity contribution in [1.29, 1.82) is 0 Å². The average Bonchev–Trinajstić information content (AvgIpc) is 2.45. The number of rotatable bonds is 6. The van der Waals surface area contributed by atoms with E-state index in [1.165, 1.54) is 11.9 Å². The highest BCUT2D eigenvalue weighted by atomic mass is 35.5. The Morgan fingerprint density at radius 2 is 1.76 bits per heavy atom. The van der Waals surface area contributed by atoms with E-state index < -0.39 is 5.91 Å². The maximum Gasteiger partial charge on any atom is 0.243 e. The fourth-order valence-corrected chi connectivity index (χ4v) is 1.41. The van der Waals surface area contributed by atoms with Crippen molar-refractivity contribution in [1.82, 2.24) is 10.2 Å². The van der Waals surface area contributed by atoms with Crippen molar-refractivity contribution in [3.63, 3.8) is 0 Å². The number of nitrogens with one attached hydrogen (secondary N) is 2. The second kappa shape index (κ2) is 9.73. The molecule has 0 aliphatic carbocycles. The molecule has 4 N–H and O–H groups in total. The lowest BCUT2D eigenvalue weighted by Crippen LogP contribution is -2.42. The van der Waals surface area contributed by atoms with Crippen LogP contribution in [0.25, 0.3) is 0 Å². The second-order valence-electron chi connectivity index (χ2n) is 4.14. The van der Waals surface area contributed by atoms with Crippen LogP contribution in [0, 0.1) is 0 Å². The van der Waals surface area contributed by atoms with E-state index >= 15 is 0 Å². The Morgan fingerprint density at radius 1 is 1.14 bits per heavy atom. The maximum absolute atomic E-state index is 11.7. The van der Waals surface area contributed by atoms with Crippen molar-refractivity contribution < 1.29 is 14.4 Å². The average molecular weight is 315 g/mol. The summed E-state index contributed by atoms with van der Waals surface area (Å²) in [7, 11) is 1.49. The first-order valence-corrected chi connectivity index (χ1v) is 6.08. The topological polar surface area (TPSA) is 105 Å². The molecule has 1 rings (SSSR count). The Labute approximate surface area is 129 Å². The zero-order chi connectivity index (χ0) is 15.0. The van der Waals surface area contributed by atoms with E-state index in [1.54, 1.807) is 24.3 Å². The van der Waals surface area contributed by atoms with Crippen LogP contribution >= 0.6 is 12.4 Å². The van der Waals surface area contributed by atoms with E-state index in [0.29, 0.717) is 5.69 Å². The molecule has 0 spiro atoms. The van der Waals surface area contributed by atoms with Gasteiger partial charge in [0.25, 0.3) is 0 Å². The number of carbonyl (C=O) groups excluding carboxylic acids is 3. The molecule has 0 heterocycles. The highest BCUT2D eigenvalue weighted by Gasteiger charge is 2.13. The van der Waals surface area contributed by atoms with E-state index in [1.807, 2.05) is 6.07 Å². The third-order valence-electron chi connectivity index (χ3n) is 2.49. The van der Waals surface area contributed by atoms with Crippen LogP contribution in [0.15, 0.2) is 30.3 Å². The number of amides is 3. The molecule has 0 aliphatic rings. The molecule has 0 aliphatic heterocycles. The zero-order valence-electron chi connectivity index (χ0n) is 11.7. The minimum absolute atomic E-state index is 0. The lowest BCUT2D eigenvalue weighted by Gasteiger charge is -2.17. The molecule has 0 atom stereocenters. The normalized spacial score (nSPS) is 9.24. The van der Waals surface area contributed by atoms with E-state index in [4.69, 9.17) is 5.73 Å². The SMILES string of the molecule is CN(CC(=O)Nc1ccccc1)C(=O)CNC(=O)CN.Cl. The van der Waals surface area contributed by atoms with Gasteiger partial charge in [-0.05, 0) is 12.1 Å². The summed E-state index contributed by atoms with van der Waals surface area (Å²) in [5.41, 5.74) is 5.76. The number of benzene rings is 1. The van der Waals surface area contributed by atoms with E-state index in [2.05, 4.69) is 10.6 Å². The molecular formula is C13H19ClN4O3. The molecule has 3 amide bonds. The van der Waals surface area contributed by atoms with Crippen molar-refractivity contribution in [3.05, 3.63) is 30.3 Å². The Kier molecular flexibility index (Phi) is 8.75. The summed E-state index contributed by atoms with van der Waals surface area (Å²) in [6.07, 6.45) is 0. The smallest absolute Gasteiger partial charge is 0.243 e. The van der Waals surface area contributed by atoms with Gasteiger partial charge in [0.05, 0.1) is 19.6 Å². The molecule has 0 fully saturated rings. The summed E-state index contributed by atoms with van der Waals surface area (Å²) in [4.78, 5) is 35.5. The Hall–Kier alpha value is -2.12. The van der Waals surface area contributed by atoms with Crippen molar-refractivity contribution in [2.75, 3.05) is 32.0 Å². The highest BCUT2D eigenvalue weighted by molar-refractivity contribution is 5.95. The van der Waals surface area contributed by atoms with Gasteiger partial charge in [-0.1, -0.05) is 18.2 Å². The van der Waals surface area contributed by atoms with Crippen LogP contribution in [-0.4, -0.2) is 49.3 Å². The fourth-order valence-electron chi connectivity index (χ4n) is 1.41. The maximum atomic E-state index is 11.7. The molecule has 0 saturated heterocycles. The van der Waals surface area contributed by atoms with Gasteiger partial charge in [0.1, 0.15) is 0 Å². The van der Waals surface area contributed by atoms with Gasteiger partial charge in [-0.15, -0.1) is 12.4 Å². The summed E-state index contributed by atoms with van der Waals surface area (Å²) < 4.78 is 0. The number of hydrogen-bond donors (Lipinski definition) is 3. The van der Waals surface area contributed by atoms with Crippen molar-refractivity contribution in [2.45, 2.75) is 0 Å². The molecule has 0 bridgehead atoms. The lowest BCUT2D eigenvalue weighted by molar-refractivity contribution is -0.134. The summed E-state index contributed by atoms with van der Waals surface area (Å²) in [6.45, 7) is -0.442. The molecule has 116 valence electrons. The molecule has 21 heavy (non-hydrogen) atoms. The van der Waals surface area contributed by atoms with Crippen molar-refractivity contribution >= 4 is 35.8 Å². The molecule has 1 aromatic rings. The van der Waals surface area contributed by atoms with Crippen molar-refractivity contribution in [2.24, 2.45) is 5.73 Å². The number of nitrogens with two attached hydrogens (primary N) is 1. The first-order chi connectivity index (χ1) is 9.52. The number of carbonyl (C=O) groups is 3. The monoisotopic (exact) mass is 314 g/mol. The summed E-state index contributed by atoms with van der Waals surface area (Å²) in [5.74, 6) is -1.09. The van der Waals surface area contributed by atoms with E-state index in [9.17, 15) is 14.4 Å². The zero-order valence-corrected chi connectivity index (χ0v) is 12.5. The van der Waals surface area contributed by atoms with E-state index in [-0.39, 0.29) is 43.9 Å². The summed E-state index contributed by atoms with van der Waals surface area (Å²) in [5, 5.41) is 5.01. The molecule has 0 saturated carbocycles. The quantitative estimate of drug-likeness (QED) is 0.663. The van der Waals surface area contributed by atoms with Crippen LogP contribution in [-0.2, 0) is 14.4 Å². The van der Waals surface area contributed by atoms with Crippen LogP contribution < -0.4 is 16.4 Å². The first kappa shape index (κ1) is 18.9. The number of hydrogen-bond acceptors (Lipinski definition) is 4. The van der Waals surface area contributed by atoms with Gasteiger partial charge in [-0.3, -0.25) is 14.4 Å². The van der Waals surface area contributed by atoms with Crippen LogP contribution in [0.3, 0.4) is 0 Å². The van der Waals surface area contributed by atoms with Crippen LogP contribution in [0.2, 0.25) is 0 Å². The van der Waals surface area contributed by atoms with E-state index in [0.717, 1.165) is 0 Å². The standard InChI is InChI=1S/C13H18N4O3.ClH/c1-17(13(20)8-15-11(18)7-14)9-12(19)16-10-5-3-2-4-6-10;/h2-6H,7-9,14H2,1H3,(H,15,18)(H,16,19);1H. The third-order valence-corrected chi connectivity index (χ3v) is 2.49. The van der Waals surface area contributed by atoms with Gasteiger partial charge in [0, 0.05) is 12.7 Å². The van der Waals surface area contributed by atoms with Gasteiger partial charge in [-0.25, -0.2) is 0 Å². The highest BCUT2D eigenvalue weighted by Crippen LogP contribution is 2.04. The first-order valence-electron chi connectivity index (χ1n) is 6.08.